The lowest BCUT2D eigenvalue weighted by Crippen LogP contribution is -2.51. The minimum Gasteiger partial charge on any atom is -0.481 e. The average Bonchev–Trinajstić information content (AvgIpc) is 2.37. The topological polar surface area (TPSA) is 101 Å². The second-order valence-electron chi connectivity index (χ2n) is 4.39. The molecule has 0 bridgehead atoms. The summed E-state index contributed by atoms with van der Waals surface area (Å²) in [6, 6.07) is 0. The SMILES string of the molecule is C=CC(=O)OC(C)C1(C(=O)O)C=CCCC1C(=O)O. The molecule has 6 nitrogen and oxygen atoms in total. The van der Waals surface area contributed by atoms with Crippen LogP contribution in [0.5, 0.6) is 0 Å². The van der Waals surface area contributed by atoms with Gasteiger partial charge in [-0.05, 0) is 19.8 Å². The zero-order chi connectivity index (χ0) is 14.6. The van der Waals surface area contributed by atoms with Crippen LogP contribution in [0.3, 0.4) is 0 Å². The van der Waals surface area contributed by atoms with Crippen LogP contribution >= 0.6 is 0 Å². The van der Waals surface area contributed by atoms with Crippen LogP contribution in [0, 0.1) is 11.3 Å². The number of hydrogen-bond donors (Lipinski definition) is 2. The van der Waals surface area contributed by atoms with E-state index in [2.05, 4.69) is 6.58 Å². The summed E-state index contributed by atoms with van der Waals surface area (Å²) in [7, 11) is 0. The van der Waals surface area contributed by atoms with Crippen molar-refractivity contribution < 1.29 is 29.3 Å². The summed E-state index contributed by atoms with van der Waals surface area (Å²) >= 11 is 0. The Morgan fingerprint density at radius 1 is 1.47 bits per heavy atom. The van der Waals surface area contributed by atoms with E-state index in [1.807, 2.05) is 0 Å². The molecule has 0 aromatic rings. The quantitative estimate of drug-likeness (QED) is 0.442. The number of hydrogen-bond acceptors (Lipinski definition) is 4. The first-order valence-corrected chi connectivity index (χ1v) is 5.83. The predicted molar refractivity (Wildman–Crippen MR) is 65.3 cm³/mol. The van der Waals surface area contributed by atoms with Crippen LogP contribution < -0.4 is 0 Å². The van der Waals surface area contributed by atoms with E-state index in [0.29, 0.717) is 6.42 Å². The molecule has 0 aromatic carbocycles. The van der Waals surface area contributed by atoms with Crippen molar-refractivity contribution in [1.29, 1.82) is 0 Å². The minimum atomic E-state index is -1.75. The van der Waals surface area contributed by atoms with Gasteiger partial charge in [-0.25, -0.2) is 4.79 Å². The van der Waals surface area contributed by atoms with Crippen LogP contribution in [-0.2, 0) is 19.1 Å². The summed E-state index contributed by atoms with van der Waals surface area (Å²) in [6.07, 6.45) is 3.40. The Morgan fingerprint density at radius 2 is 2.11 bits per heavy atom. The van der Waals surface area contributed by atoms with Crippen LogP contribution in [0.15, 0.2) is 24.8 Å². The molecule has 0 aliphatic heterocycles. The molecule has 6 heteroatoms. The van der Waals surface area contributed by atoms with Gasteiger partial charge < -0.3 is 14.9 Å². The molecule has 0 radical (unpaired) electrons. The molecule has 1 aliphatic rings. The number of ether oxygens (including phenoxy) is 1. The Balaban J connectivity index is 3.20. The fourth-order valence-corrected chi connectivity index (χ4v) is 2.36. The summed E-state index contributed by atoms with van der Waals surface area (Å²) in [5, 5.41) is 18.6. The van der Waals surface area contributed by atoms with Crippen LogP contribution in [0.25, 0.3) is 0 Å². The highest BCUT2D eigenvalue weighted by molar-refractivity contribution is 5.87. The zero-order valence-corrected chi connectivity index (χ0v) is 10.5. The Morgan fingerprint density at radius 3 is 2.58 bits per heavy atom. The maximum atomic E-state index is 11.6. The Labute approximate surface area is 110 Å². The number of esters is 1. The second kappa shape index (κ2) is 5.69. The lowest BCUT2D eigenvalue weighted by Gasteiger charge is -2.38. The van der Waals surface area contributed by atoms with E-state index in [4.69, 9.17) is 4.74 Å². The third-order valence-corrected chi connectivity index (χ3v) is 3.39. The van der Waals surface area contributed by atoms with Gasteiger partial charge in [-0.15, -0.1) is 0 Å². The second-order valence-corrected chi connectivity index (χ2v) is 4.39. The van der Waals surface area contributed by atoms with Crippen molar-refractivity contribution in [3.63, 3.8) is 0 Å². The van der Waals surface area contributed by atoms with E-state index in [1.54, 1.807) is 6.08 Å². The zero-order valence-electron chi connectivity index (χ0n) is 10.5. The predicted octanol–water partition coefficient (Wildman–Crippen LogP) is 1.23. The van der Waals surface area contributed by atoms with Gasteiger partial charge >= 0.3 is 17.9 Å². The molecule has 0 spiro atoms. The number of allylic oxidation sites excluding steroid dienone is 1. The van der Waals surface area contributed by atoms with Gasteiger partial charge in [-0.3, -0.25) is 9.59 Å². The van der Waals surface area contributed by atoms with Gasteiger partial charge in [0.1, 0.15) is 11.5 Å². The lowest BCUT2D eigenvalue weighted by molar-refractivity contribution is -0.173. The van der Waals surface area contributed by atoms with Crippen molar-refractivity contribution in [3.8, 4) is 0 Å². The molecule has 0 amide bonds. The number of carboxylic acid groups (broad SMARTS) is 2. The van der Waals surface area contributed by atoms with Gasteiger partial charge in [0.25, 0.3) is 0 Å². The molecule has 1 aliphatic carbocycles. The number of carboxylic acids is 2. The summed E-state index contributed by atoms with van der Waals surface area (Å²) in [4.78, 5) is 34.0. The number of rotatable bonds is 5. The number of carbonyl (C=O) groups is 3. The fourth-order valence-electron chi connectivity index (χ4n) is 2.36. The first-order chi connectivity index (χ1) is 8.86. The van der Waals surface area contributed by atoms with Crippen molar-refractivity contribution in [3.05, 3.63) is 24.8 Å². The third kappa shape index (κ3) is 2.67. The highest BCUT2D eigenvalue weighted by Gasteiger charge is 2.54. The highest BCUT2D eigenvalue weighted by Crippen LogP contribution is 2.41. The van der Waals surface area contributed by atoms with Crippen LogP contribution in [0.4, 0.5) is 0 Å². The summed E-state index contributed by atoms with van der Waals surface area (Å²) in [5.41, 5.74) is -1.75. The van der Waals surface area contributed by atoms with E-state index < -0.39 is 35.3 Å². The van der Waals surface area contributed by atoms with Crippen LogP contribution in [0.2, 0.25) is 0 Å². The lowest BCUT2D eigenvalue weighted by atomic mass is 9.66. The van der Waals surface area contributed by atoms with E-state index in [0.717, 1.165) is 6.08 Å². The molecule has 2 N–H and O–H groups in total. The Kier molecular flexibility index (Phi) is 4.47. The first kappa shape index (κ1) is 14.9. The van der Waals surface area contributed by atoms with Crippen molar-refractivity contribution in [2.75, 3.05) is 0 Å². The van der Waals surface area contributed by atoms with E-state index in [1.165, 1.54) is 13.0 Å². The van der Waals surface area contributed by atoms with Crippen molar-refractivity contribution >= 4 is 17.9 Å². The molecule has 104 valence electrons. The molecule has 3 unspecified atom stereocenters. The van der Waals surface area contributed by atoms with Gasteiger partial charge in [0.05, 0.1) is 5.92 Å². The maximum absolute atomic E-state index is 11.6. The van der Waals surface area contributed by atoms with Crippen molar-refractivity contribution in [2.24, 2.45) is 11.3 Å². The molecule has 0 fully saturated rings. The minimum absolute atomic E-state index is 0.189. The highest BCUT2D eigenvalue weighted by atomic mass is 16.5. The van der Waals surface area contributed by atoms with Crippen LogP contribution in [-0.4, -0.2) is 34.2 Å². The van der Waals surface area contributed by atoms with Gasteiger partial charge in [0.2, 0.25) is 0 Å². The molecule has 0 heterocycles. The smallest absolute Gasteiger partial charge is 0.330 e. The monoisotopic (exact) mass is 268 g/mol. The van der Waals surface area contributed by atoms with E-state index in [-0.39, 0.29) is 6.42 Å². The van der Waals surface area contributed by atoms with Crippen molar-refractivity contribution in [2.45, 2.75) is 25.9 Å². The van der Waals surface area contributed by atoms with Crippen LogP contribution in [0.1, 0.15) is 19.8 Å². The number of aliphatic carboxylic acids is 2. The summed E-state index contributed by atoms with van der Waals surface area (Å²) in [6.45, 7) is 4.60. The molecule has 3 atom stereocenters. The Hall–Kier alpha value is -2.11. The fraction of sp³-hybridized carbons (Fsp3) is 0.462. The molecule has 19 heavy (non-hydrogen) atoms. The summed E-state index contributed by atoms with van der Waals surface area (Å²) < 4.78 is 4.93. The van der Waals surface area contributed by atoms with E-state index >= 15 is 0 Å². The number of carbonyl (C=O) groups excluding carboxylic acids is 1. The van der Waals surface area contributed by atoms with Gasteiger partial charge in [0, 0.05) is 6.08 Å². The maximum Gasteiger partial charge on any atom is 0.330 e. The normalized spacial score (nSPS) is 27.3. The Bertz CT molecular complexity index is 438. The molecule has 1 rings (SSSR count). The van der Waals surface area contributed by atoms with Crippen molar-refractivity contribution in [1.82, 2.24) is 0 Å². The molecule has 0 saturated carbocycles. The standard InChI is InChI=1S/C13H16O6/c1-3-10(14)19-8(2)13(12(17)18)7-5-4-6-9(13)11(15)16/h3,5,7-9H,1,4,6H2,2H3,(H,15,16)(H,17,18). The van der Waals surface area contributed by atoms with Gasteiger partial charge in [0.15, 0.2) is 0 Å². The first-order valence-electron chi connectivity index (χ1n) is 5.83. The molecule has 0 saturated heterocycles. The largest absolute Gasteiger partial charge is 0.481 e. The average molecular weight is 268 g/mol. The molecular weight excluding hydrogens is 252 g/mol. The van der Waals surface area contributed by atoms with Gasteiger partial charge in [-0.2, -0.15) is 0 Å². The summed E-state index contributed by atoms with van der Waals surface area (Å²) in [5.74, 6) is -4.45. The molecular formula is C13H16O6. The molecule has 0 aromatic heterocycles. The van der Waals surface area contributed by atoms with Gasteiger partial charge in [-0.1, -0.05) is 18.7 Å². The third-order valence-electron chi connectivity index (χ3n) is 3.39. The van der Waals surface area contributed by atoms with E-state index in [9.17, 15) is 24.6 Å².